The Morgan fingerprint density at radius 1 is 0.929 bits per heavy atom. The molecule has 5 nitrogen and oxygen atoms in total. The number of benzene rings is 2. The Balaban J connectivity index is 1.32. The highest BCUT2D eigenvalue weighted by molar-refractivity contribution is 5.97. The number of Topliss-reactive ketones (excluding diaryl/α,β-unsaturated/α-hetero) is 1. The molecule has 1 aliphatic carbocycles. The van der Waals surface area contributed by atoms with Gasteiger partial charge in [0.2, 0.25) is 0 Å². The van der Waals surface area contributed by atoms with Crippen LogP contribution >= 0.6 is 0 Å². The maximum absolute atomic E-state index is 12.3. The molecule has 0 saturated carbocycles. The average molecular weight is 379 g/mol. The van der Waals surface area contributed by atoms with Crippen LogP contribution in [0.2, 0.25) is 0 Å². The number of fused-ring (bicyclic) bond motifs is 1. The van der Waals surface area contributed by atoms with Gasteiger partial charge in [-0.1, -0.05) is 42.5 Å². The average Bonchev–Trinajstić information content (AvgIpc) is 3.19. The molecular weight excluding hydrogens is 354 g/mol. The van der Waals surface area contributed by atoms with E-state index in [1.807, 2.05) is 48.5 Å². The minimum Gasteiger partial charge on any atom is -0.456 e. The number of hydrogen-bond acceptors (Lipinski definition) is 4. The van der Waals surface area contributed by atoms with Crippen molar-refractivity contribution in [2.75, 3.05) is 13.2 Å². The second-order valence-electron chi connectivity index (χ2n) is 7.01. The quantitative estimate of drug-likeness (QED) is 0.537. The SMILES string of the molecule is O=C(COC(=O)CCC(=O)c1ccc2c(c1)CCC2)NCCc1ccccc1. The number of aryl methyl sites for hydroxylation is 2. The minimum absolute atomic E-state index is 0.0206. The molecule has 0 unspecified atom stereocenters. The van der Waals surface area contributed by atoms with Crippen LogP contribution in [0.4, 0.5) is 0 Å². The van der Waals surface area contributed by atoms with Crippen LogP contribution in [0.5, 0.6) is 0 Å². The fourth-order valence-electron chi connectivity index (χ4n) is 3.37. The highest BCUT2D eigenvalue weighted by Crippen LogP contribution is 2.23. The van der Waals surface area contributed by atoms with Crippen LogP contribution < -0.4 is 5.32 Å². The molecule has 0 spiro atoms. The molecule has 0 saturated heterocycles. The van der Waals surface area contributed by atoms with Crippen LogP contribution in [-0.4, -0.2) is 30.8 Å². The van der Waals surface area contributed by atoms with Gasteiger partial charge in [-0.2, -0.15) is 0 Å². The number of ether oxygens (including phenoxy) is 1. The summed E-state index contributed by atoms with van der Waals surface area (Å²) in [5.74, 6) is -0.944. The van der Waals surface area contributed by atoms with Crippen molar-refractivity contribution in [2.24, 2.45) is 0 Å². The van der Waals surface area contributed by atoms with E-state index in [1.54, 1.807) is 0 Å². The van der Waals surface area contributed by atoms with Crippen molar-refractivity contribution in [3.8, 4) is 0 Å². The summed E-state index contributed by atoms with van der Waals surface area (Å²) < 4.78 is 4.96. The second kappa shape index (κ2) is 9.83. The summed E-state index contributed by atoms with van der Waals surface area (Å²) in [5.41, 5.74) is 4.33. The van der Waals surface area contributed by atoms with Crippen molar-refractivity contribution < 1.29 is 19.1 Å². The van der Waals surface area contributed by atoms with Gasteiger partial charge in [0.1, 0.15) is 0 Å². The van der Waals surface area contributed by atoms with Crippen molar-refractivity contribution in [1.29, 1.82) is 0 Å². The lowest BCUT2D eigenvalue weighted by Crippen LogP contribution is -2.30. The molecule has 146 valence electrons. The molecule has 1 aliphatic rings. The number of esters is 1. The zero-order chi connectivity index (χ0) is 19.8. The van der Waals surface area contributed by atoms with Gasteiger partial charge in [0, 0.05) is 18.5 Å². The van der Waals surface area contributed by atoms with E-state index in [1.165, 1.54) is 11.1 Å². The van der Waals surface area contributed by atoms with E-state index < -0.39 is 5.97 Å². The summed E-state index contributed by atoms with van der Waals surface area (Å²) in [7, 11) is 0. The molecule has 1 N–H and O–H groups in total. The summed E-state index contributed by atoms with van der Waals surface area (Å²) in [6.07, 6.45) is 4.00. The highest BCUT2D eigenvalue weighted by Gasteiger charge is 2.15. The summed E-state index contributed by atoms with van der Waals surface area (Å²) >= 11 is 0. The normalized spacial score (nSPS) is 12.3. The molecule has 1 amide bonds. The number of amides is 1. The topological polar surface area (TPSA) is 72.5 Å². The molecular formula is C23H25NO4. The first-order valence-corrected chi connectivity index (χ1v) is 9.73. The zero-order valence-corrected chi connectivity index (χ0v) is 15.9. The number of carbonyl (C=O) groups excluding carboxylic acids is 3. The van der Waals surface area contributed by atoms with Crippen LogP contribution in [0, 0.1) is 0 Å². The number of carbonyl (C=O) groups is 3. The van der Waals surface area contributed by atoms with Crippen molar-refractivity contribution in [1.82, 2.24) is 5.32 Å². The molecule has 2 aromatic rings. The molecule has 0 atom stereocenters. The summed E-state index contributed by atoms with van der Waals surface area (Å²) in [6.45, 7) is 0.165. The van der Waals surface area contributed by atoms with Crippen LogP contribution in [0.15, 0.2) is 48.5 Å². The van der Waals surface area contributed by atoms with Gasteiger partial charge >= 0.3 is 5.97 Å². The van der Waals surface area contributed by atoms with Gasteiger partial charge in [-0.25, -0.2) is 0 Å². The lowest BCUT2D eigenvalue weighted by molar-refractivity contribution is -0.148. The van der Waals surface area contributed by atoms with Gasteiger partial charge < -0.3 is 10.1 Å². The summed E-state index contributed by atoms with van der Waals surface area (Å²) in [4.78, 5) is 35.8. The minimum atomic E-state index is -0.535. The van der Waals surface area contributed by atoms with Gasteiger partial charge in [0.05, 0.1) is 6.42 Å². The first kappa shape index (κ1) is 19.8. The van der Waals surface area contributed by atoms with Crippen LogP contribution in [0.25, 0.3) is 0 Å². The third kappa shape index (κ3) is 5.78. The molecule has 0 heterocycles. The zero-order valence-electron chi connectivity index (χ0n) is 15.9. The van der Waals surface area contributed by atoms with Crippen molar-refractivity contribution in [3.05, 3.63) is 70.8 Å². The number of ketones is 1. The lowest BCUT2D eigenvalue weighted by Gasteiger charge is -2.07. The third-order valence-corrected chi connectivity index (χ3v) is 4.92. The lowest BCUT2D eigenvalue weighted by atomic mass is 10.0. The Kier molecular flexibility index (Phi) is 6.95. The monoisotopic (exact) mass is 379 g/mol. The maximum atomic E-state index is 12.3. The first-order chi connectivity index (χ1) is 13.6. The van der Waals surface area contributed by atoms with Gasteiger partial charge in [-0.3, -0.25) is 14.4 Å². The Morgan fingerprint density at radius 2 is 1.71 bits per heavy atom. The molecule has 0 aromatic heterocycles. The van der Waals surface area contributed by atoms with E-state index in [4.69, 9.17) is 4.74 Å². The van der Waals surface area contributed by atoms with E-state index in [2.05, 4.69) is 5.32 Å². The van der Waals surface area contributed by atoms with Gasteiger partial charge in [0.15, 0.2) is 12.4 Å². The smallest absolute Gasteiger partial charge is 0.306 e. The second-order valence-corrected chi connectivity index (χ2v) is 7.01. The van der Waals surface area contributed by atoms with Crippen LogP contribution in [0.3, 0.4) is 0 Å². The van der Waals surface area contributed by atoms with Crippen LogP contribution in [-0.2, 0) is 33.6 Å². The van der Waals surface area contributed by atoms with E-state index in [0.717, 1.165) is 31.2 Å². The van der Waals surface area contributed by atoms with Crippen molar-refractivity contribution in [2.45, 2.75) is 38.5 Å². The standard InChI is InChI=1S/C23H25NO4/c25-21(20-10-9-18-7-4-8-19(18)15-20)11-12-23(27)28-16-22(26)24-14-13-17-5-2-1-3-6-17/h1-3,5-6,9-10,15H,4,7-8,11-14,16H2,(H,24,26). The third-order valence-electron chi connectivity index (χ3n) is 4.92. The molecule has 5 heteroatoms. The molecule has 28 heavy (non-hydrogen) atoms. The summed E-state index contributed by atoms with van der Waals surface area (Å²) in [5, 5.41) is 2.72. The van der Waals surface area contributed by atoms with E-state index >= 15 is 0 Å². The van der Waals surface area contributed by atoms with Crippen molar-refractivity contribution >= 4 is 17.7 Å². The largest absolute Gasteiger partial charge is 0.456 e. The number of hydrogen-bond donors (Lipinski definition) is 1. The Labute approximate surface area is 165 Å². The predicted molar refractivity (Wildman–Crippen MR) is 106 cm³/mol. The maximum Gasteiger partial charge on any atom is 0.306 e. The van der Waals surface area contributed by atoms with Crippen LogP contribution in [0.1, 0.15) is 46.3 Å². The fourth-order valence-corrected chi connectivity index (χ4v) is 3.37. The highest BCUT2D eigenvalue weighted by atomic mass is 16.5. The molecule has 0 aliphatic heterocycles. The number of rotatable bonds is 9. The molecule has 2 aromatic carbocycles. The molecule has 3 rings (SSSR count). The first-order valence-electron chi connectivity index (χ1n) is 9.73. The summed E-state index contributed by atoms with van der Waals surface area (Å²) in [6, 6.07) is 15.6. The molecule has 0 radical (unpaired) electrons. The Bertz CT molecular complexity index is 845. The van der Waals surface area contributed by atoms with Gasteiger partial charge in [-0.15, -0.1) is 0 Å². The fraction of sp³-hybridized carbons (Fsp3) is 0.348. The van der Waals surface area contributed by atoms with Crippen molar-refractivity contribution in [3.63, 3.8) is 0 Å². The number of nitrogens with one attached hydrogen (secondary N) is 1. The Hall–Kier alpha value is -2.95. The molecule has 0 fully saturated rings. The van der Waals surface area contributed by atoms with Gasteiger partial charge in [0.25, 0.3) is 5.91 Å². The molecule has 0 bridgehead atoms. The van der Waals surface area contributed by atoms with E-state index in [0.29, 0.717) is 12.1 Å². The van der Waals surface area contributed by atoms with Gasteiger partial charge in [-0.05, 0) is 48.4 Å². The Morgan fingerprint density at radius 3 is 2.54 bits per heavy atom. The van der Waals surface area contributed by atoms with E-state index in [9.17, 15) is 14.4 Å². The van der Waals surface area contributed by atoms with E-state index in [-0.39, 0.29) is 31.1 Å². The predicted octanol–water partition coefficient (Wildman–Crippen LogP) is 3.04.